The summed E-state index contributed by atoms with van der Waals surface area (Å²) in [6, 6.07) is 6.26. The van der Waals surface area contributed by atoms with Crippen LogP contribution in [0, 0.1) is 10.8 Å². The monoisotopic (exact) mass is 492 g/mol. The number of sulfonamides is 1. The molecule has 0 spiro atoms. The van der Waals surface area contributed by atoms with Gasteiger partial charge in [-0.1, -0.05) is 20.8 Å². The van der Waals surface area contributed by atoms with Gasteiger partial charge in [0.05, 0.1) is 31.3 Å². The lowest BCUT2D eigenvalue weighted by Gasteiger charge is -2.39. The van der Waals surface area contributed by atoms with Gasteiger partial charge in [0.1, 0.15) is 12.4 Å². The zero-order chi connectivity index (χ0) is 24.9. The lowest BCUT2D eigenvalue weighted by molar-refractivity contribution is -0.140. The van der Waals surface area contributed by atoms with Crippen LogP contribution >= 0.6 is 0 Å². The van der Waals surface area contributed by atoms with E-state index in [4.69, 9.17) is 14.2 Å². The number of hydrogen-bond donors (Lipinski definition) is 0. The third kappa shape index (κ3) is 4.34. The molecule has 1 aromatic carbocycles. The molecule has 0 aromatic heterocycles. The minimum atomic E-state index is -3.69. The average molecular weight is 493 g/mol. The topological polar surface area (TPSA) is 102 Å². The van der Waals surface area contributed by atoms with Gasteiger partial charge < -0.3 is 19.1 Å². The van der Waals surface area contributed by atoms with Gasteiger partial charge in [-0.2, -0.15) is 4.31 Å². The van der Waals surface area contributed by atoms with Crippen LogP contribution in [0.3, 0.4) is 0 Å². The highest BCUT2D eigenvalue weighted by molar-refractivity contribution is 7.89. The quantitative estimate of drug-likeness (QED) is 0.578. The number of carbonyl (C=O) groups excluding carboxylic acids is 2. The molecule has 3 aliphatic rings. The molecule has 1 aromatic rings. The van der Waals surface area contributed by atoms with Crippen molar-refractivity contribution in [3.63, 3.8) is 0 Å². The fraction of sp³-hybridized carbons (Fsp3) is 0.583. The van der Waals surface area contributed by atoms with E-state index in [1.54, 1.807) is 16.4 Å². The molecule has 2 heterocycles. The van der Waals surface area contributed by atoms with Crippen molar-refractivity contribution in [2.45, 2.75) is 51.0 Å². The summed E-state index contributed by atoms with van der Waals surface area (Å²) in [6.07, 6.45) is 2.72. The fourth-order valence-corrected chi connectivity index (χ4v) is 7.74. The molecule has 1 saturated carbocycles. The van der Waals surface area contributed by atoms with Crippen molar-refractivity contribution in [2.24, 2.45) is 10.8 Å². The molecule has 2 atom stereocenters. The highest BCUT2D eigenvalue weighted by atomic mass is 32.2. The highest BCUT2D eigenvalue weighted by Gasteiger charge is 2.53. The van der Waals surface area contributed by atoms with E-state index in [2.05, 4.69) is 20.8 Å². The number of ether oxygens (including phenoxy) is 3. The second kappa shape index (κ2) is 8.66. The molecule has 1 aliphatic carbocycles. The molecule has 2 aliphatic heterocycles. The summed E-state index contributed by atoms with van der Waals surface area (Å²) in [5.41, 5.74) is 0.634. The van der Waals surface area contributed by atoms with Crippen LogP contribution in [0.4, 0.5) is 5.69 Å². The van der Waals surface area contributed by atoms with Crippen LogP contribution in [0.2, 0.25) is 0 Å². The van der Waals surface area contributed by atoms with E-state index in [0.29, 0.717) is 12.2 Å². The lowest BCUT2D eigenvalue weighted by atomic mass is 9.65. The maximum atomic E-state index is 13.6. The maximum Gasteiger partial charge on any atom is 0.355 e. The SMILES string of the molecule is COC(=O)C1=C(C(=O)OC)N(c2ccc(S(=O)(=O)N3CC4(C)CC3CC(C)(C)C4)cc2)COC1. The van der Waals surface area contributed by atoms with Gasteiger partial charge in [-0.3, -0.25) is 0 Å². The number of fused-ring (bicyclic) bond motifs is 2. The predicted molar refractivity (Wildman–Crippen MR) is 124 cm³/mol. The van der Waals surface area contributed by atoms with E-state index in [1.165, 1.54) is 31.3 Å². The molecule has 1 saturated heterocycles. The summed E-state index contributed by atoms with van der Waals surface area (Å²) in [5.74, 6) is -1.40. The molecule has 2 fully saturated rings. The first kappa shape index (κ1) is 24.7. The third-order valence-corrected chi connectivity index (χ3v) is 8.87. The number of esters is 2. The fourth-order valence-electron chi connectivity index (χ4n) is 5.97. The van der Waals surface area contributed by atoms with Crippen molar-refractivity contribution in [3.8, 4) is 0 Å². The molecular formula is C24H32N2O7S. The van der Waals surface area contributed by atoms with Gasteiger partial charge in [-0.25, -0.2) is 18.0 Å². The Kier molecular flexibility index (Phi) is 6.28. The Labute approximate surface area is 200 Å². The Bertz CT molecular complexity index is 1130. The molecule has 0 N–H and O–H groups in total. The van der Waals surface area contributed by atoms with Crippen molar-refractivity contribution in [3.05, 3.63) is 35.5 Å². The molecule has 34 heavy (non-hydrogen) atoms. The average Bonchev–Trinajstić information content (AvgIpc) is 3.06. The van der Waals surface area contributed by atoms with Gasteiger partial charge in [0.2, 0.25) is 10.0 Å². The standard InChI is InChI=1S/C24H32N2O7S/c1-23(2)10-17-11-24(3,13-23)14-26(17)34(29,30)18-8-6-16(7-9-18)25-15-33-12-19(21(27)31-4)20(25)22(28)32-5/h6-9,17H,10-15H2,1-5H3. The Morgan fingerprint density at radius 3 is 2.29 bits per heavy atom. The number of nitrogens with zero attached hydrogens (tertiary/aromatic N) is 2. The molecule has 0 amide bonds. The van der Waals surface area contributed by atoms with E-state index in [0.717, 1.165) is 19.3 Å². The van der Waals surface area contributed by atoms with Crippen LogP contribution in [-0.4, -0.2) is 64.8 Å². The summed E-state index contributed by atoms with van der Waals surface area (Å²) < 4.78 is 43.9. The molecular weight excluding hydrogens is 460 g/mol. The van der Waals surface area contributed by atoms with Gasteiger partial charge in [-0.05, 0) is 54.4 Å². The maximum absolute atomic E-state index is 13.6. The Hall–Kier alpha value is -2.43. The van der Waals surface area contributed by atoms with Crippen LogP contribution in [0.25, 0.3) is 0 Å². The van der Waals surface area contributed by atoms with Crippen molar-refractivity contribution in [2.75, 3.05) is 39.0 Å². The molecule has 9 nitrogen and oxygen atoms in total. The summed E-state index contributed by atoms with van der Waals surface area (Å²) in [5, 5.41) is 0. The Balaban J connectivity index is 1.64. The number of anilines is 1. The lowest BCUT2D eigenvalue weighted by Crippen LogP contribution is -2.39. The van der Waals surface area contributed by atoms with Gasteiger partial charge in [0.25, 0.3) is 0 Å². The van der Waals surface area contributed by atoms with Gasteiger partial charge in [-0.15, -0.1) is 0 Å². The van der Waals surface area contributed by atoms with E-state index >= 15 is 0 Å². The van der Waals surface area contributed by atoms with Crippen molar-refractivity contribution >= 4 is 27.6 Å². The largest absolute Gasteiger partial charge is 0.466 e. The normalized spacial score (nSPS) is 27.0. The number of benzene rings is 1. The molecule has 2 bridgehead atoms. The highest BCUT2D eigenvalue weighted by Crippen LogP contribution is 2.53. The van der Waals surface area contributed by atoms with Crippen LogP contribution < -0.4 is 4.90 Å². The van der Waals surface area contributed by atoms with Gasteiger partial charge in [0.15, 0.2) is 0 Å². The molecule has 10 heteroatoms. The first-order valence-electron chi connectivity index (χ1n) is 11.3. The second-order valence-electron chi connectivity index (χ2n) is 10.5. The second-order valence-corrected chi connectivity index (χ2v) is 12.4. The van der Waals surface area contributed by atoms with E-state index in [1.807, 2.05) is 0 Å². The Morgan fingerprint density at radius 1 is 1.03 bits per heavy atom. The molecule has 0 radical (unpaired) electrons. The summed E-state index contributed by atoms with van der Waals surface area (Å²) in [7, 11) is -1.24. The number of carbonyl (C=O) groups is 2. The van der Waals surface area contributed by atoms with Crippen molar-refractivity contribution < 1.29 is 32.2 Å². The smallest absolute Gasteiger partial charge is 0.355 e. The van der Waals surface area contributed by atoms with Gasteiger partial charge in [0, 0.05) is 18.3 Å². The predicted octanol–water partition coefficient (Wildman–Crippen LogP) is 2.67. The first-order valence-corrected chi connectivity index (χ1v) is 12.7. The number of hydrogen-bond acceptors (Lipinski definition) is 8. The molecule has 186 valence electrons. The minimum absolute atomic E-state index is 0.00133. The third-order valence-electron chi connectivity index (χ3n) is 6.95. The first-order chi connectivity index (χ1) is 15.9. The molecule has 4 rings (SSSR count). The Morgan fingerprint density at radius 2 is 1.68 bits per heavy atom. The summed E-state index contributed by atoms with van der Waals surface area (Å²) >= 11 is 0. The zero-order valence-corrected chi connectivity index (χ0v) is 21.1. The van der Waals surface area contributed by atoms with Crippen LogP contribution in [0.15, 0.2) is 40.4 Å². The minimum Gasteiger partial charge on any atom is -0.466 e. The summed E-state index contributed by atoms with van der Waals surface area (Å²) in [4.78, 5) is 26.3. The van der Waals surface area contributed by atoms with Crippen LogP contribution in [-0.2, 0) is 33.8 Å². The van der Waals surface area contributed by atoms with E-state index in [-0.39, 0.29) is 46.4 Å². The van der Waals surface area contributed by atoms with Crippen LogP contribution in [0.5, 0.6) is 0 Å². The van der Waals surface area contributed by atoms with E-state index in [9.17, 15) is 18.0 Å². The van der Waals surface area contributed by atoms with Gasteiger partial charge >= 0.3 is 11.9 Å². The van der Waals surface area contributed by atoms with Crippen LogP contribution in [0.1, 0.15) is 40.0 Å². The zero-order valence-electron chi connectivity index (χ0n) is 20.3. The number of methoxy groups -OCH3 is 2. The molecule has 2 unspecified atom stereocenters. The van der Waals surface area contributed by atoms with Crippen molar-refractivity contribution in [1.29, 1.82) is 0 Å². The summed E-state index contributed by atoms with van der Waals surface area (Å²) in [6.45, 7) is 7.01. The van der Waals surface area contributed by atoms with Crippen molar-refractivity contribution in [1.82, 2.24) is 4.31 Å². The number of rotatable bonds is 5. The van der Waals surface area contributed by atoms with E-state index < -0.39 is 22.0 Å².